The van der Waals surface area contributed by atoms with E-state index in [0.29, 0.717) is 22.2 Å². The van der Waals surface area contributed by atoms with E-state index in [-0.39, 0.29) is 12.4 Å². The number of benzene rings is 1. The molecule has 0 saturated heterocycles. The Bertz CT molecular complexity index is 967. The first kappa shape index (κ1) is 17.7. The summed E-state index contributed by atoms with van der Waals surface area (Å²) in [7, 11) is 0. The summed E-state index contributed by atoms with van der Waals surface area (Å²) in [4.78, 5) is 16.7. The molecule has 0 aliphatic carbocycles. The number of nitrogens with zero attached hydrogens (tertiary/aromatic N) is 3. The van der Waals surface area contributed by atoms with Gasteiger partial charge in [-0.25, -0.2) is 9.50 Å². The number of hydrogen-bond acceptors (Lipinski definition) is 4. The molecule has 0 amide bonds. The number of aryl methyl sites for hydroxylation is 3. The van der Waals surface area contributed by atoms with Crippen molar-refractivity contribution in [1.82, 2.24) is 14.6 Å². The van der Waals surface area contributed by atoms with Gasteiger partial charge in [-0.1, -0.05) is 23.2 Å². The van der Waals surface area contributed by atoms with Gasteiger partial charge in [-0.05, 0) is 51.0 Å². The Morgan fingerprint density at radius 1 is 1.20 bits per heavy atom. The van der Waals surface area contributed by atoms with Gasteiger partial charge >= 0.3 is 5.97 Å². The SMILES string of the molecule is Cc1cc2nc(C)c(CCC(=O)Oc3ccc(Cl)cc3Cl)c(C)n2n1. The van der Waals surface area contributed by atoms with E-state index in [1.54, 1.807) is 16.6 Å². The molecule has 2 aromatic heterocycles. The molecule has 0 saturated carbocycles. The molecule has 2 heterocycles. The molecule has 0 N–H and O–H groups in total. The Hall–Kier alpha value is -2.11. The normalized spacial score (nSPS) is 11.1. The van der Waals surface area contributed by atoms with Crippen molar-refractivity contribution in [1.29, 1.82) is 0 Å². The van der Waals surface area contributed by atoms with Crippen molar-refractivity contribution in [2.24, 2.45) is 0 Å². The second kappa shape index (κ2) is 7.02. The molecule has 0 radical (unpaired) electrons. The van der Waals surface area contributed by atoms with Gasteiger partial charge in [0.25, 0.3) is 0 Å². The second-order valence-electron chi connectivity index (χ2n) is 5.87. The molecule has 130 valence electrons. The summed E-state index contributed by atoms with van der Waals surface area (Å²) in [6.07, 6.45) is 0.734. The molecule has 0 aliphatic rings. The van der Waals surface area contributed by atoms with Crippen molar-refractivity contribution < 1.29 is 9.53 Å². The maximum Gasteiger partial charge on any atom is 0.311 e. The highest BCUT2D eigenvalue weighted by Gasteiger charge is 2.14. The smallest absolute Gasteiger partial charge is 0.311 e. The zero-order valence-corrected chi connectivity index (χ0v) is 15.6. The first-order valence-corrected chi connectivity index (χ1v) is 8.59. The maximum atomic E-state index is 12.2. The van der Waals surface area contributed by atoms with Gasteiger partial charge in [-0.15, -0.1) is 0 Å². The lowest BCUT2D eigenvalue weighted by Crippen LogP contribution is -2.12. The quantitative estimate of drug-likeness (QED) is 0.496. The summed E-state index contributed by atoms with van der Waals surface area (Å²) in [5.41, 5.74) is 4.58. The van der Waals surface area contributed by atoms with Crippen molar-refractivity contribution in [2.75, 3.05) is 0 Å². The second-order valence-corrected chi connectivity index (χ2v) is 6.71. The predicted molar refractivity (Wildman–Crippen MR) is 97.6 cm³/mol. The lowest BCUT2D eigenvalue weighted by Gasteiger charge is -2.11. The fourth-order valence-electron chi connectivity index (χ4n) is 2.76. The fourth-order valence-corrected chi connectivity index (χ4v) is 3.21. The van der Waals surface area contributed by atoms with E-state index in [1.165, 1.54) is 6.07 Å². The van der Waals surface area contributed by atoms with Crippen LogP contribution in [0.4, 0.5) is 0 Å². The standard InChI is InChI=1S/C18H17Cl2N3O2/c1-10-8-17-21-11(2)14(12(3)23(17)22-10)5-7-18(24)25-16-6-4-13(19)9-15(16)20/h4,6,8-9H,5,7H2,1-3H3. The Morgan fingerprint density at radius 2 is 1.96 bits per heavy atom. The van der Waals surface area contributed by atoms with Gasteiger partial charge in [0.15, 0.2) is 5.65 Å². The van der Waals surface area contributed by atoms with Crippen LogP contribution < -0.4 is 4.74 Å². The fraction of sp³-hybridized carbons (Fsp3) is 0.278. The first-order valence-electron chi connectivity index (χ1n) is 7.83. The highest BCUT2D eigenvalue weighted by molar-refractivity contribution is 6.35. The average molecular weight is 378 g/mol. The Kier molecular flexibility index (Phi) is 4.97. The van der Waals surface area contributed by atoms with E-state index in [4.69, 9.17) is 27.9 Å². The van der Waals surface area contributed by atoms with E-state index in [1.807, 2.05) is 26.8 Å². The van der Waals surface area contributed by atoms with Crippen molar-refractivity contribution >= 4 is 34.8 Å². The minimum Gasteiger partial charge on any atom is -0.425 e. The van der Waals surface area contributed by atoms with E-state index in [2.05, 4.69) is 10.1 Å². The van der Waals surface area contributed by atoms with Crippen LogP contribution in [0.2, 0.25) is 10.0 Å². The molecule has 1 aromatic carbocycles. The average Bonchev–Trinajstić information content (AvgIpc) is 2.90. The van der Waals surface area contributed by atoms with Crippen LogP contribution in [0.3, 0.4) is 0 Å². The van der Waals surface area contributed by atoms with Crippen molar-refractivity contribution in [3.05, 3.63) is 57.0 Å². The summed E-state index contributed by atoms with van der Waals surface area (Å²) >= 11 is 11.9. The molecule has 25 heavy (non-hydrogen) atoms. The van der Waals surface area contributed by atoms with Crippen molar-refractivity contribution in [3.63, 3.8) is 0 Å². The van der Waals surface area contributed by atoms with Gasteiger partial charge in [0.2, 0.25) is 0 Å². The molecule has 0 aliphatic heterocycles. The number of carbonyl (C=O) groups excluding carboxylic acids is 1. The summed E-state index contributed by atoms with van der Waals surface area (Å²) < 4.78 is 7.13. The number of fused-ring (bicyclic) bond motifs is 1. The van der Waals surface area contributed by atoms with Crippen LogP contribution in [0.25, 0.3) is 5.65 Å². The van der Waals surface area contributed by atoms with Crippen molar-refractivity contribution in [3.8, 4) is 5.75 Å². The van der Waals surface area contributed by atoms with E-state index in [9.17, 15) is 4.79 Å². The predicted octanol–water partition coefficient (Wildman–Crippen LogP) is 4.50. The Labute approximate surface area is 155 Å². The maximum absolute atomic E-state index is 12.2. The third-order valence-corrected chi connectivity index (χ3v) is 4.51. The largest absolute Gasteiger partial charge is 0.425 e. The molecule has 3 rings (SSSR count). The van der Waals surface area contributed by atoms with Crippen LogP contribution in [-0.2, 0) is 11.2 Å². The Morgan fingerprint density at radius 3 is 2.68 bits per heavy atom. The molecule has 7 heteroatoms. The van der Waals surface area contributed by atoms with E-state index >= 15 is 0 Å². The highest BCUT2D eigenvalue weighted by Crippen LogP contribution is 2.28. The third-order valence-electron chi connectivity index (χ3n) is 3.98. The van der Waals surface area contributed by atoms with Gasteiger partial charge in [0, 0.05) is 22.5 Å². The first-order chi connectivity index (χ1) is 11.8. The lowest BCUT2D eigenvalue weighted by atomic mass is 10.1. The molecule has 5 nitrogen and oxygen atoms in total. The van der Waals surface area contributed by atoms with Crippen LogP contribution in [-0.4, -0.2) is 20.6 Å². The summed E-state index contributed by atoms with van der Waals surface area (Å²) in [6, 6.07) is 6.68. The number of esters is 1. The van der Waals surface area contributed by atoms with E-state index < -0.39 is 0 Å². The van der Waals surface area contributed by atoms with Crippen LogP contribution in [0.1, 0.15) is 29.1 Å². The number of halogens is 2. The van der Waals surface area contributed by atoms with Crippen molar-refractivity contribution in [2.45, 2.75) is 33.6 Å². The van der Waals surface area contributed by atoms with Crippen LogP contribution in [0.15, 0.2) is 24.3 Å². The zero-order chi connectivity index (χ0) is 18.1. The minimum atomic E-state index is -0.361. The topological polar surface area (TPSA) is 56.5 Å². The van der Waals surface area contributed by atoms with Crippen LogP contribution >= 0.6 is 23.2 Å². The van der Waals surface area contributed by atoms with Gasteiger partial charge in [0.05, 0.1) is 17.1 Å². The molecule has 0 unspecified atom stereocenters. The van der Waals surface area contributed by atoms with Gasteiger partial charge in [-0.3, -0.25) is 4.79 Å². The summed E-state index contributed by atoms with van der Waals surface area (Å²) in [5, 5.41) is 5.24. The Balaban J connectivity index is 1.74. The van der Waals surface area contributed by atoms with Gasteiger partial charge < -0.3 is 4.74 Å². The number of carbonyl (C=O) groups is 1. The molecule has 0 spiro atoms. The minimum absolute atomic E-state index is 0.216. The zero-order valence-electron chi connectivity index (χ0n) is 14.1. The third kappa shape index (κ3) is 3.78. The molecule has 0 bridgehead atoms. The van der Waals surface area contributed by atoms with Gasteiger partial charge in [0.1, 0.15) is 5.75 Å². The van der Waals surface area contributed by atoms with E-state index in [0.717, 1.165) is 28.3 Å². The van der Waals surface area contributed by atoms with Crippen LogP contribution in [0.5, 0.6) is 5.75 Å². The number of aromatic nitrogens is 3. The summed E-state index contributed by atoms with van der Waals surface area (Å²) in [6.45, 7) is 5.84. The van der Waals surface area contributed by atoms with Crippen LogP contribution in [0, 0.1) is 20.8 Å². The number of rotatable bonds is 4. The lowest BCUT2D eigenvalue weighted by molar-refractivity contribution is -0.134. The molecular weight excluding hydrogens is 361 g/mol. The summed E-state index contributed by atoms with van der Waals surface area (Å²) in [5.74, 6) is -0.0550. The van der Waals surface area contributed by atoms with Gasteiger partial charge in [-0.2, -0.15) is 5.10 Å². The molecule has 3 aromatic rings. The monoisotopic (exact) mass is 377 g/mol. The number of ether oxygens (including phenoxy) is 1. The highest BCUT2D eigenvalue weighted by atomic mass is 35.5. The number of hydrogen-bond donors (Lipinski definition) is 0. The molecule has 0 fully saturated rings. The molecular formula is C18H17Cl2N3O2. The molecule has 0 atom stereocenters.